The van der Waals surface area contributed by atoms with E-state index >= 15 is 0 Å². The van der Waals surface area contributed by atoms with Gasteiger partial charge in [0.05, 0.1) is 0 Å². The average Bonchev–Trinajstić information content (AvgIpc) is 2.73. The van der Waals surface area contributed by atoms with Crippen LogP contribution in [0.1, 0.15) is 13.8 Å². The summed E-state index contributed by atoms with van der Waals surface area (Å²) in [5, 5.41) is 3.14. The molecule has 1 nitrogen and oxygen atoms in total. The van der Waals surface area contributed by atoms with Crippen molar-refractivity contribution in [2.75, 3.05) is 56.3 Å². The van der Waals surface area contributed by atoms with Gasteiger partial charge < -0.3 is 4.90 Å². The van der Waals surface area contributed by atoms with Gasteiger partial charge in [-0.3, -0.25) is 0 Å². The molecule has 0 radical (unpaired) electrons. The fraction of sp³-hybridized carbons (Fsp3) is 0.478. The first-order valence-corrected chi connectivity index (χ1v) is 14.9. The topological polar surface area (TPSA) is 3.24 Å². The Morgan fingerprint density at radius 1 is 0.704 bits per heavy atom. The molecule has 0 saturated heterocycles. The van der Waals surface area contributed by atoms with Crippen LogP contribution >= 0.6 is 27.6 Å². The number of benzene rings is 2. The minimum atomic E-state index is -0.0177. The van der Waals surface area contributed by atoms with Crippen LogP contribution in [0, 0.1) is 0 Å². The van der Waals surface area contributed by atoms with Crippen LogP contribution in [0.5, 0.6) is 0 Å². The average molecular weight is 420 g/mol. The molecule has 0 spiro atoms. The first kappa shape index (κ1) is 22.9. The van der Waals surface area contributed by atoms with Gasteiger partial charge in [0.1, 0.15) is 0 Å². The van der Waals surface area contributed by atoms with E-state index in [0.29, 0.717) is 0 Å². The molecule has 0 heterocycles. The van der Waals surface area contributed by atoms with Crippen molar-refractivity contribution in [2.24, 2.45) is 0 Å². The number of rotatable bonds is 13. The Morgan fingerprint density at radius 3 is 1.52 bits per heavy atom. The second-order valence-electron chi connectivity index (χ2n) is 6.66. The van der Waals surface area contributed by atoms with Crippen molar-refractivity contribution >= 4 is 38.2 Å². The van der Waals surface area contributed by atoms with Crippen LogP contribution in [0.3, 0.4) is 0 Å². The van der Waals surface area contributed by atoms with E-state index in [1.54, 1.807) is 10.6 Å². The molecule has 2 aromatic carbocycles. The van der Waals surface area contributed by atoms with Crippen molar-refractivity contribution in [3.05, 3.63) is 60.7 Å². The SMILES string of the molecule is CCP(CCN(CCSC)CCP(CC)c1ccccc1)c1ccccc1. The third-order valence-electron chi connectivity index (χ3n) is 4.99. The molecule has 0 aliphatic rings. The minimum Gasteiger partial charge on any atom is -0.302 e. The first-order chi connectivity index (χ1) is 13.3. The zero-order valence-corrected chi connectivity index (χ0v) is 19.8. The molecule has 4 heteroatoms. The second kappa shape index (κ2) is 13.7. The first-order valence-electron chi connectivity index (χ1n) is 10.1. The summed E-state index contributed by atoms with van der Waals surface area (Å²) >= 11 is 1.97. The number of nitrogens with zero attached hydrogens (tertiary/aromatic N) is 1. The zero-order chi connectivity index (χ0) is 19.3. The van der Waals surface area contributed by atoms with Crippen molar-refractivity contribution in [3.8, 4) is 0 Å². The Balaban J connectivity index is 1.91. The lowest BCUT2D eigenvalue weighted by molar-refractivity contribution is 0.328. The molecule has 148 valence electrons. The molecular formula is C23H35NP2S. The molecular weight excluding hydrogens is 384 g/mol. The molecule has 2 atom stereocenters. The highest BCUT2D eigenvalue weighted by atomic mass is 32.2. The lowest BCUT2D eigenvalue weighted by Gasteiger charge is -2.27. The van der Waals surface area contributed by atoms with Gasteiger partial charge in [0.25, 0.3) is 0 Å². The number of thioether (sulfide) groups is 1. The van der Waals surface area contributed by atoms with Crippen LogP contribution in [0.4, 0.5) is 0 Å². The Bertz CT molecular complexity index is 557. The third kappa shape index (κ3) is 8.25. The monoisotopic (exact) mass is 419 g/mol. The summed E-state index contributed by atoms with van der Waals surface area (Å²) in [5.74, 6) is 1.24. The molecule has 2 rings (SSSR count). The van der Waals surface area contributed by atoms with Gasteiger partial charge in [-0.15, -0.1) is 0 Å². The van der Waals surface area contributed by atoms with Gasteiger partial charge in [0, 0.05) is 25.4 Å². The van der Waals surface area contributed by atoms with Gasteiger partial charge in [0.2, 0.25) is 0 Å². The van der Waals surface area contributed by atoms with Gasteiger partial charge in [-0.1, -0.05) is 90.4 Å². The molecule has 0 amide bonds. The highest BCUT2D eigenvalue weighted by molar-refractivity contribution is 7.98. The summed E-state index contributed by atoms with van der Waals surface area (Å²) in [6, 6.07) is 22.4. The largest absolute Gasteiger partial charge is 0.302 e. The second-order valence-corrected chi connectivity index (χ2v) is 13.0. The quantitative estimate of drug-likeness (QED) is 0.405. The Hall–Kier alpha value is -0.390. The minimum absolute atomic E-state index is 0.0177. The number of hydrogen-bond acceptors (Lipinski definition) is 2. The van der Waals surface area contributed by atoms with E-state index in [1.807, 2.05) is 11.8 Å². The standard InChI is InChI=1S/C23H35NP2S/c1-4-25(22-12-8-6-9-13-22)19-16-24(18-21-27-3)17-20-26(5-2)23-14-10-7-11-15-23/h6-15H,4-5,16-21H2,1-3H3. The fourth-order valence-corrected chi connectivity index (χ4v) is 7.85. The van der Waals surface area contributed by atoms with Crippen molar-refractivity contribution in [2.45, 2.75) is 13.8 Å². The predicted octanol–water partition coefficient (Wildman–Crippen LogP) is 5.31. The lowest BCUT2D eigenvalue weighted by atomic mass is 10.4. The molecule has 0 aliphatic carbocycles. The molecule has 0 bridgehead atoms. The van der Waals surface area contributed by atoms with Crippen molar-refractivity contribution in [3.63, 3.8) is 0 Å². The van der Waals surface area contributed by atoms with Crippen molar-refractivity contribution in [1.82, 2.24) is 4.90 Å². The van der Waals surface area contributed by atoms with E-state index in [2.05, 4.69) is 85.7 Å². The van der Waals surface area contributed by atoms with Gasteiger partial charge in [0.15, 0.2) is 0 Å². The molecule has 2 unspecified atom stereocenters. The van der Waals surface area contributed by atoms with E-state index in [9.17, 15) is 0 Å². The van der Waals surface area contributed by atoms with Crippen LogP contribution < -0.4 is 10.6 Å². The molecule has 0 N–H and O–H groups in total. The number of hydrogen-bond donors (Lipinski definition) is 0. The van der Waals surface area contributed by atoms with Crippen LogP contribution in [0.2, 0.25) is 0 Å². The Kier molecular flexibility index (Phi) is 11.6. The Labute approximate surface area is 173 Å². The van der Waals surface area contributed by atoms with Crippen molar-refractivity contribution < 1.29 is 0 Å². The van der Waals surface area contributed by atoms with Crippen LogP contribution in [0.15, 0.2) is 60.7 Å². The maximum absolute atomic E-state index is 2.73. The molecule has 0 fully saturated rings. The molecule has 0 aromatic heterocycles. The lowest BCUT2D eigenvalue weighted by Crippen LogP contribution is -2.32. The van der Waals surface area contributed by atoms with Crippen molar-refractivity contribution in [1.29, 1.82) is 0 Å². The zero-order valence-electron chi connectivity index (χ0n) is 17.2. The maximum Gasteiger partial charge on any atom is 0.00725 e. The molecule has 2 aromatic rings. The summed E-state index contributed by atoms with van der Waals surface area (Å²) in [4.78, 5) is 2.73. The maximum atomic E-state index is 2.73. The molecule has 0 saturated carbocycles. The normalized spacial score (nSPS) is 13.6. The summed E-state index contributed by atoms with van der Waals surface area (Å²) < 4.78 is 0. The Morgan fingerprint density at radius 2 is 1.15 bits per heavy atom. The summed E-state index contributed by atoms with van der Waals surface area (Å²) in [7, 11) is -0.0355. The van der Waals surface area contributed by atoms with Crippen LogP contribution in [0.25, 0.3) is 0 Å². The summed E-state index contributed by atoms with van der Waals surface area (Å²) in [6.45, 7) is 8.44. The summed E-state index contributed by atoms with van der Waals surface area (Å²) in [6.07, 6.45) is 7.48. The molecule has 0 aliphatic heterocycles. The van der Waals surface area contributed by atoms with Crippen LogP contribution in [-0.2, 0) is 0 Å². The third-order valence-corrected chi connectivity index (χ3v) is 10.6. The highest BCUT2D eigenvalue weighted by Gasteiger charge is 2.14. The summed E-state index contributed by atoms with van der Waals surface area (Å²) in [5.41, 5.74) is 0. The van der Waals surface area contributed by atoms with E-state index in [-0.39, 0.29) is 15.8 Å². The predicted molar refractivity (Wildman–Crippen MR) is 132 cm³/mol. The van der Waals surface area contributed by atoms with Gasteiger partial charge in [-0.2, -0.15) is 11.8 Å². The highest BCUT2D eigenvalue weighted by Crippen LogP contribution is 2.35. The van der Waals surface area contributed by atoms with Gasteiger partial charge in [-0.05, 0) is 41.5 Å². The molecule has 27 heavy (non-hydrogen) atoms. The smallest absolute Gasteiger partial charge is 0.00725 e. The van der Waals surface area contributed by atoms with Crippen LogP contribution in [-0.4, -0.2) is 61.2 Å². The fourth-order valence-electron chi connectivity index (χ4n) is 3.30. The van der Waals surface area contributed by atoms with Gasteiger partial charge >= 0.3 is 0 Å². The van der Waals surface area contributed by atoms with Gasteiger partial charge in [-0.25, -0.2) is 0 Å². The van der Waals surface area contributed by atoms with E-state index < -0.39 is 0 Å². The van der Waals surface area contributed by atoms with E-state index in [1.165, 1.54) is 50.0 Å². The van der Waals surface area contributed by atoms with E-state index in [0.717, 1.165) is 0 Å². The van der Waals surface area contributed by atoms with E-state index in [4.69, 9.17) is 0 Å².